The van der Waals surface area contributed by atoms with Crippen LogP contribution in [0.4, 0.5) is 10.5 Å². The molecule has 1 heterocycles. The number of carbonyl (C=O) groups is 1. The van der Waals surface area contributed by atoms with Crippen LogP contribution in [0.5, 0.6) is 0 Å². The summed E-state index contributed by atoms with van der Waals surface area (Å²) >= 11 is 1.67. The van der Waals surface area contributed by atoms with Crippen LogP contribution in [0.1, 0.15) is 12.8 Å². The van der Waals surface area contributed by atoms with Crippen molar-refractivity contribution in [1.82, 2.24) is 5.32 Å². The number of nitrogens with one attached hydrogen (secondary N) is 2. The van der Waals surface area contributed by atoms with E-state index in [1.807, 2.05) is 35.7 Å². The van der Waals surface area contributed by atoms with E-state index in [2.05, 4.69) is 16.7 Å². The van der Waals surface area contributed by atoms with E-state index < -0.39 is 0 Å². The lowest BCUT2D eigenvalue weighted by atomic mass is 10.1. The van der Waals surface area contributed by atoms with Crippen LogP contribution in [0.2, 0.25) is 0 Å². The summed E-state index contributed by atoms with van der Waals surface area (Å²) in [6.07, 6.45) is 2.19. The smallest absolute Gasteiger partial charge is 0.319 e. The predicted octanol–water partition coefficient (Wildman–Crippen LogP) is 3.70. The number of carbonyl (C=O) groups excluding carboxylic acids is 1. The van der Waals surface area contributed by atoms with Gasteiger partial charge in [0.25, 0.3) is 0 Å². The Balaban J connectivity index is 1.80. The zero-order valence-electron chi connectivity index (χ0n) is 9.85. The summed E-state index contributed by atoms with van der Waals surface area (Å²) in [6, 6.07) is 12.2. The lowest BCUT2D eigenvalue weighted by Crippen LogP contribution is -2.30. The molecule has 0 saturated heterocycles. The first-order valence-corrected chi connectivity index (χ1v) is 6.91. The van der Waals surface area contributed by atoms with Gasteiger partial charge in [-0.2, -0.15) is 0 Å². The van der Waals surface area contributed by atoms with Crippen LogP contribution in [-0.2, 0) is 0 Å². The fraction of sp³-hybridized carbons (Fsp3) is 0.214. The first-order valence-electron chi connectivity index (χ1n) is 6.03. The molecule has 1 aliphatic rings. The molecule has 18 heavy (non-hydrogen) atoms. The molecule has 0 unspecified atom stereocenters. The Labute approximate surface area is 110 Å². The quantitative estimate of drug-likeness (QED) is 0.866. The van der Waals surface area contributed by atoms with Crippen LogP contribution in [0, 0.1) is 0 Å². The monoisotopic (exact) mass is 258 g/mol. The fourth-order valence-electron chi connectivity index (χ4n) is 1.81. The number of anilines is 1. The number of amides is 2. The third kappa shape index (κ3) is 2.54. The maximum atomic E-state index is 11.8. The van der Waals surface area contributed by atoms with Gasteiger partial charge in [0.15, 0.2) is 0 Å². The summed E-state index contributed by atoms with van der Waals surface area (Å²) in [5.74, 6) is 0. The molecule has 3 rings (SSSR count). The molecule has 0 spiro atoms. The van der Waals surface area contributed by atoms with Crippen molar-refractivity contribution in [3.8, 4) is 10.4 Å². The Morgan fingerprint density at radius 1 is 1.17 bits per heavy atom. The molecular formula is C14H14N2OS. The molecule has 0 atom stereocenters. The lowest BCUT2D eigenvalue weighted by Gasteiger charge is -2.10. The minimum Gasteiger partial charge on any atom is -0.335 e. The number of hydrogen-bond donors (Lipinski definition) is 2. The van der Waals surface area contributed by atoms with Crippen LogP contribution in [0.15, 0.2) is 41.8 Å². The fourth-order valence-corrected chi connectivity index (χ4v) is 2.58. The van der Waals surface area contributed by atoms with Gasteiger partial charge in [0.2, 0.25) is 0 Å². The van der Waals surface area contributed by atoms with E-state index in [0.717, 1.165) is 29.0 Å². The number of hydrogen-bond acceptors (Lipinski definition) is 2. The number of rotatable bonds is 3. The summed E-state index contributed by atoms with van der Waals surface area (Å²) in [6.45, 7) is 0. The third-order valence-electron chi connectivity index (χ3n) is 2.87. The van der Waals surface area contributed by atoms with Crippen molar-refractivity contribution in [2.24, 2.45) is 0 Å². The number of benzene rings is 1. The molecule has 4 heteroatoms. The molecule has 0 bridgehead atoms. The van der Waals surface area contributed by atoms with E-state index in [1.165, 1.54) is 0 Å². The molecule has 1 fully saturated rings. The lowest BCUT2D eigenvalue weighted by molar-refractivity contribution is 0.251. The summed E-state index contributed by atoms with van der Waals surface area (Å²) in [7, 11) is 0. The highest BCUT2D eigenvalue weighted by Crippen LogP contribution is 2.31. The molecular weight excluding hydrogens is 244 g/mol. The second kappa shape index (κ2) is 4.82. The Kier molecular flexibility index (Phi) is 3.02. The molecule has 0 aliphatic heterocycles. The van der Waals surface area contributed by atoms with Gasteiger partial charge in [0, 0.05) is 16.5 Å². The van der Waals surface area contributed by atoms with Gasteiger partial charge in [-0.25, -0.2) is 4.79 Å². The number of urea groups is 1. The van der Waals surface area contributed by atoms with E-state index in [4.69, 9.17) is 0 Å². The Bertz CT molecular complexity index is 547. The van der Waals surface area contributed by atoms with Crippen LogP contribution in [0.25, 0.3) is 10.4 Å². The normalized spacial score (nSPS) is 14.2. The standard InChI is InChI=1S/C14H14N2OS/c17-14(15-10-7-8-10)16-12-5-2-1-4-11(12)13-6-3-9-18-13/h1-6,9-10H,7-8H2,(H2,15,16,17). The molecule has 92 valence electrons. The van der Waals surface area contributed by atoms with Gasteiger partial charge in [-0.3, -0.25) is 0 Å². The van der Waals surface area contributed by atoms with E-state index in [0.29, 0.717) is 6.04 Å². The molecule has 3 nitrogen and oxygen atoms in total. The predicted molar refractivity (Wildman–Crippen MR) is 74.9 cm³/mol. The van der Waals surface area contributed by atoms with Gasteiger partial charge in [-0.05, 0) is 30.4 Å². The van der Waals surface area contributed by atoms with Gasteiger partial charge in [0.05, 0.1) is 5.69 Å². The molecule has 0 radical (unpaired) electrons. The second-order valence-electron chi connectivity index (χ2n) is 4.40. The number of thiophene rings is 1. The van der Waals surface area contributed by atoms with Gasteiger partial charge in [-0.1, -0.05) is 24.3 Å². The van der Waals surface area contributed by atoms with Crippen molar-refractivity contribution in [2.75, 3.05) is 5.32 Å². The van der Waals surface area contributed by atoms with Crippen LogP contribution in [-0.4, -0.2) is 12.1 Å². The van der Waals surface area contributed by atoms with Crippen molar-refractivity contribution < 1.29 is 4.79 Å². The zero-order chi connectivity index (χ0) is 12.4. The summed E-state index contributed by atoms with van der Waals surface area (Å²) in [4.78, 5) is 12.9. The third-order valence-corrected chi connectivity index (χ3v) is 3.78. The molecule has 1 aliphatic carbocycles. The molecule has 2 amide bonds. The highest BCUT2D eigenvalue weighted by Gasteiger charge is 2.23. The molecule has 1 aromatic carbocycles. The van der Waals surface area contributed by atoms with Crippen LogP contribution in [0.3, 0.4) is 0 Å². The van der Waals surface area contributed by atoms with Crippen molar-refractivity contribution in [2.45, 2.75) is 18.9 Å². The highest BCUT2D eigenvalue weighted by atomic mass is 32.1. The van der Waals surface area contributed by atoms with Crippen molar-refractivity contribution in [3.63, 3.8) is 0 Å². The molecule has 1 aromatic heterocycles. The van der Waals surface area contributed by atoms with Crippen LogP contribution >= 0.6 is 11.3 Å². The van der Waals surface area contributed by atoms with Crippen LogP contribution < -0.4 is 10.6 Å². The minimum atomic E-state index is -0.110. The average Bonchev–Trinajstić information content (AvgIpc) is 3.01. The van der Waals surface area contributed by atoms with Gasteiger partial charge >= 0.3 is 6.03 Å². The molecule has 1 saturated carbocycles. The maximum Gasteiger partial charge on any atom is 0.319 e. The summed E-state index contributed by atoms with van der Waals surface area (Å²) in [5, 5.41) is 7.89. The second-order valence-corrected chi connectivity index (χ2v) is 5.34. The van der Waals surface area contributed by atoms with Gasteiger partial charge < -0.3 is 10.6 Å². The Morgan fingerprint density at radius 3 is 2.72 bits per heavy atom. The zero-order valence-corrected chi connectivity index (χ0v) is 10.7. The van der Waals surface area contributed by atoms with E-state index >= 15 is 0 Å². The average molecular weight is 258 g/mol. The van der Waals surface area contributed by atoms with Gasteiger partial charge in [0.1, 0.15) is 0 Å². The van der Waals surface area contributed by atoms with E-state index in [9.17, 15) is 4.79 Å². The SMILES string of the molecule is O=C(Nc1ccccc1-c1cccs1)NC1CC1. The molecule has 2 aromatic rings. The Morgan fingerprint density at radius 2 is 2.00 bits per heavy atom. The van der Waals surface area contributed by atoms with E-state index in [1.54, 1.807) is 11.3 Å². The topological polar surface area (TPSA) is 41.1 Å². The van der Waals surface area contributed by atoms with E-state index in [-0.39, 0.29) is 6.03 Å². The maximum absolute atomic E-state index is 11.8. The molecule has 2 N–H and O–H groups in total. The number of para-hydroxylation sites is 1. The van der Waals surface area contributed by atoms with Crippen molar-refractivity contribution >= 4 is 23.1 Å². The minimum absolute atomic E-state index is 0.110. The first-order chi connectivity index (χ1) is 8.83. The largest absolute Gasteiger partial charge is 0.335 e. The highest BCUT2D eigenvalue weighted by molar-refractivity contribution is 7.13. The summed E-state index contributed by atoms with van der Waals surface area (Å²) in [5.41, 5.74) is 1.93. The van der Waals surface area contributed by atoms with Crippen molar-refractivity contribution in [3.05, 3.63) is 41.8 Å². The first kappa shape index (κ1) is 11.3. The Hall–Kier alpha value is -1.81. The van der Waals surface area contributed by atoms with Crippen molar-refractivity contribution in [1.29, 1.82) is 0 Å². The summed E-state index contributed by atoms with van der Waals surface area (Å²) < 4.78 is 0. The van der Waals surface area contributed by atoms with Gasteiger partial charge in [-0.15, -0.1) is 11.3 Å².